The molecule has 1 aliphatic rings. The fourth-order valence-electron chi connectivity index (χ4n) is 4.10. The first-order chi connectivity index (χ1) is 15.3. The Bertz CT molecular complexity index is 1290. The molecule has 0 amide bonds. The molecule has 0 saturated heterocycles. The van der Waals surface area contributed by atoms with Crippen molar-refractivity contribution >= 4 is 27.1 Å². The highest BCUT2D eigenvalue weighted by atomic mass is 32.2. The van der Waals surface area contributed by atoms with Crippen LogP contribution in [0.15, 0.2) is 83.3 Å². The van der Waals surface area contributed by atoms with Crippen LogP contribution in [-0.2, 0) is 16.4 Å². The maximum atomic E-state index is 14.1. The number of allylic oxidation sites excluding steroid dienone is 2. The van der Waals surface area contributed by atoms with Crippen LogP contribution in [0.4, 0.5) is 4.39 Å². The number of nitrogens with one attached hydrogen (secondary N) is 1. The van der Waals surface area contributed by atoms with Crippen molar-refractivity contribution in [1.29, 1.82) is 0 Å². The van der Waals surface area contributed by atoms with Gasteiger partial charge in [0.15, 0.2) is 9.84 Å². The Kier molecular flexibility index (Phi) is 6.40. The Labute approximate surface area is 189 Å². The summed E-state index contributed by atoms with van der Waals surface area (Å²) >= 11 is 0. The normalized spacial score (nSPS) is 14.8. The summed E-state index contributed by atoms with van der Waals surface area (Å²) in [4.78, 5) is 0.297. The lowest BCUT2D eigenvalue weighted by Gasteiger charge is -2.08. The molecule has 4 rings (SSSR count). The second-order valence-corrected chi connectivity index (χ2v) is 10.1. The third-order valence-electron chi connectivity index (χ3n) is 5.80. The molecule has 3 aromatic rings. The van der Waals surface area contributed by atoms with Crippen LogP contribution in [0.2, 0.25) is 0 Å². The van der Waals surface area contributed by atoms with Gasteiger partial charge in [-0.3, -0.25) is 0 Å². The van der Waals surface area contributed by atoms with Crippen LogP contribution >= 0.6 is 0 Å². The largest absolute Gasteiger partial charge is 0.312 e. The third-order valence-corrected chi connectivity index (χ3v) is 6.93. The van der Waals surface area contributed by atoms with E-state index in [0.29, 0.717) is 4.90 Å². The van der Waals surface area contributed by atoms with Gasteiger partial charge in [-0.05, 0) is 89.2 Å². The Morgan fingerprint density at radius 1 is 0.938 bits per heavy atom. The van der Waals surface area contributed by atoms with E-state index in [1.165, 1.54) is 17.9 Å². The Hall–Kier alpha value is -3.02. The van der Waals surface area contributed by atoms with Gasteiger partial charge in [-0.1, -0.05) is 48.5 Å². The lowest BCUT2D eigenvalue weighted by Crippen LogP contribution is -2.15. The van der Waals surface area contributed by atoms with E-state index in [1.54, 1.807) is 30.3 Å². The van der Waals surface area contributed by atoms with Gasteiger partial charge in [-0.2, -0.15) is 0 Å². The quantitative estimate of drug-likeness (QED) is 0.470. The van der Waals surface area contributed by atoms with Crippen molar-refractivity contribution < 1.29 is 12.8 Å². The van der Waals surface area contributed by atoms with Gasteiger partial charge in [0.05, 0.1) is 4.90 Å². The van der Waals surface area contributed by atoms with Gasteiger partial charge >= 0.3 is 0 Å². The fraction of sp³-hybridized carbons (Fsp3) is 0.185. The molecule has 0 aromatic heterocycles. The minimum atomic E-state index is -3.23. The fourth-order valence-corrected chi connectivity index (χ4v) is 4.73. The average molecular weight is 448 g/mol. The van der Waals surface area contributed by atoms with E-state index >= 15 is 0 Å². The number of fused-ring (bicyclic) bond motifs is 1. The lowest BCUT2D eigenvalue weighted by atomic mass is 10.0. The zero-order valence-electron chi connectivity index (χ0n) is 18.2. The van der Waals surface area contributed by atoms with E-state index in [1.807, 2.05) is 30.3 Å². The van der Waals surface area contributed by atoms with E-state index in [-0.39, 0.29) is 5.82 Å². The molecule has 0 bridgehead atoms. The predicted octanol–water partition coefficient (Wildman–Crippen LogP) is 5.74. The molecule has 3 aromatic carbocycles. The number of benzene rings is 3. The van der Waals surface area contributed by atoms with Gasteiger partial charge in [0.25, 0.3) is 0 Å². The summed E-state index contributed by atoms with van der Waals surface area (Å²) in [6, 6.07) is 22.0. The molecule has 0 radical (unpaired) electrons. The number of sulfone groups is 1. The first-order valence-corrected chi connectivity index (χ1v) is 12.5. The maximum absolute atomic E-state index is 14.1. The van der Waals surface area contributed by atoms with Gasteiger partial charge in [0, 0.05) is 12.8 Å². The smallest absolute Gasteiger partial charge is 0.175 e. The molecule has 3 nitrogen and oxygen atoms in total. The molecule has 164 valence electrons. The Morgan fingerprint density at radius 2 is 1.66 bits per heavy atom. The summed E-state index contributed by atoms with van der Waals surface area (Å²) in [5, 5.41) is 3.48. The van der Waals surface area contributed by atoms with Crippen molar-refractivity contribution in [3.05, 3.63) is 106 Å². The first-order valence-electron chi connectivity index (χ1n) is 10.6. The molecule has 1 N–H and O–H groups in total. The first kappa shape index (κ1) is 22.2. The van der Waals surface area contributed by atoms with Gasteiger partial charge in [-0.25, -0.2) is 12.8 Å². The van der Waals surface area contributed by atoms with Gasteiger partial charge in [-0.15, -0.1) is 0 Å². The van der Waals surface area contributed by atoms with Gasteiger partial charge < -0.3 is 5.32 Å². The highest BCUT2D eigenvalue weighted by Gasteiger charge is 2.23. The Balaban J connectivity index is 1.58. The minimum Gasteiger partial charge on any atom is -0.312 e. The summed E-state index contributed by atoms with van der Waals surface area (Å²) < 4.78 is 37.5. The highest BCUT2D eigenvalue weighted by molar-refractivity contribution is 7.90. The third kappa shape index (κ3) is 4.90. The van der Waals surface area contributed by atoms with E-state index in [9.17, 15) is 12.8 Å². The molecule has 5 heteroatoms. The van der Waals surface area contributed by atoms with E-state index < -0.39 is 9.84 Å². The summed E-state index contributed by atoms with van der Waals surface area (Å²) in [7, 11) is -3.23. The van der Waals surface area contributed by atoms with Crippen LogP contribution in [0.3, 0.4) is 0 Å². The molecule has 0 atom stereocenters. The van der Waals surface area contributed by atoms with E-state index in [0.717, 1.165) is 52.9 Å². The molecule has 0 heterocycles. The van der Waals surface area contributed by atoms with Crippen LogP contribution in [-0.4, -0.2) is 21.2 Å². The van der Waals surface area contributed by atoms with E-state index in [2.05, 4.69) is 24.4 Å². The molecule has 0 saturated carbocycles. The lowest BCUT2D eigenvalue weighted by molar-refractivity contribution is 0.602. The highest BCUT2D eigenvalue weighted by Crippen LogP contribution is 2.43. The molecule has 32 heavy (non-hydrogen) atoms. The number of hydrogen-bond acceptors (Lipinski definition) is 3. The molecular weight excluding hydrogens is 421 g/mol. The SMILES string of the molecule is CC1=C(CCNCc2ccccc2)c2cc(F)ccc2C1=Cc1ccc(S(C)(=O)=O)cc1. The van der Waals surface area contributed by atoms with Gasteiger partial charge in [0.2, 0.25) is 0 Å². The molecule has 0 spiro atoms. The standard InChI is InChI=1S/C27H26FNO2S/c1-19-24(14-15-29-18-21-6-4-3-5-7-21)27-17-22(28)10-13-25(27)26(19)16-20-8-11-23(12-9-20)32(2,30)31/h3-13,16-17,29H,14-15,18H2,1-2H3. The van der Waals surface area contributed by atoms with Gasteiger partial charge in [0.1, 0.15) is 5.82 Å². The maximum Gasteiger partial charge on any atom is 0.175 e. The molecule has 0 unspecified atom stereocenters. The summed E-state index contributed by atoms with van der Waals surface area (Å²) in [5.41, 5.74) is 7.39. The topological polar surface area (TPSA) is 46.2 Å². The van der Waals surface area contributed by atoms with Crippen molar-refractivity contribution in [3.8, 4) is 0 Å². The monoisotopic (exact) mass is 447 g/mol. The summed E-state index contributed by atoms with van der Waals surface area (Å²) in [6.07, 6.45) is 4.04. The summed E-state index contributed by atoms with van der Waals surface area (Å²) in [5.74, 6) is -0.245. The zero-order valence-corrected chi connectivity index (χ0v) is 19.0. The Morgan fingerprint density at radius 3 is 2.34 bits per heavy atom. The minimum absolute atomic E-state index is 0.245. The molecule has 1 aliphatic carbocycles. The summed E-state index contributed by atoms with van der Waals surface area (Å²) in [6.45, 7) is 3.65. The molecular formula is C27H26FNO2S. The number of hydrogen-bond donors (Lipinski definition) is 1. The predicted molar refractivity (Wildman–Crippen MR) is 129 cm³/mol. The van der Waals surface area contributed by atoms with Crippen molar-refractivity contribution in [3.63, 3.8) is 0 Å². The number of rotatable bonds is 7. The van der Waals surface area contributed by atoms with E-state index in [4.69, 9.17) is 0 Å². The second kappa shape index (κ2) is 9.23. The zero-order chi connectivity index (χ0) is 22.7. The number of halogens is 1. The van der Waals surface area contributed by atoms with Crippen LogP contribution in [0.5, 0.6) is 0 Å². The van der Waals surface area contributed by atoms with Crippen LogP contribution < -0.4 is 5.32 Å². The van der Waals surface area contributed by atoms with Crippen molar-refractivity contribution in [2.75, 3.05) is 12.8 Å². The second-order valence-electron chi connectivity index (χ2n) is 8.11. The van der Waals surface area contributed by atoms with Crippen LogP contribution in [0.25, 0.3) is 17.2 Å². The van der Waals surface area contributed by atoms with Crippen molar-refractivity contribution in [1.82, 2.24) is 5.32 Å². The average Bonchev–Trinajstić information content (AvgIpc) is 3.02. The van der Waals surface area contributed by atoms with Crippen molar-refractivity contribution in [2.45, 2.75) is 24.8 Å². The van der Waals surface area contributed by atoms with Crippen molar-refractivity contribution in [2.24, 2.45) is 0 Å². The van der Waals surface area contributed by atoms with Crippen LogP contribution in [0.1, 0.15) is 35.6 Å². The van der Waals surface area contributed by atoms with Crippen LogP contribution in [0, 0.1) is 5.82 Å². The molecule has 0 fully saturated rings. The molecule has 0 aliphatic heterocycles.